The van der Waals surface area contributed by atoms with Crippen molar-refractivity contribution in [2.45, 2.75) is 13.0 Å². The number of carbonyl (C=O) groups excluding carboxylic acids is 1. The summed E-state index contributed by atoms with van der Waals surface area (Å²) in [4.78, 5) is 12.9. The molecule has 0 aliphatic carbocycles. The largest absolute Gasteiger partial charge is 0.354 e. The van der Waals surface area contributed by atoms with Gasteiger partial charge in [0.1, 0.15) is 0 Å². The average molecular weight is 311 g/mol. The second kappa shape index (κ2) is 7.04. The topological polar surface area (TPSA) is 46.9 Å². The molecule has 0 saturated heterocycles. The van der Waals surface area contributed by atoms with Crippen molar-refractivity contribution >= 4 is 17.2 Å². The Hall–Kier alpha value is -2.40. The average Bonchev–Trinajstić information content (AvgIpc) is 3.20. The van der Waals surface area contributed by atoms with E-state index in [1.165, 1.54) is 0 Å². The molecule has 0 unspecified atom stereocenters. The van der Waals surface area contributed by atoms with Gasteiger partial charge in [-0.15, -0.1) is 11.3 Å². The molecule has 112 valence electrons. The van der Waals surface area contributed by atoms with E-state index >= 15 is 0 Å². The summed E-state index contributed by atoms with van der Waals surface area (Å²) in [7, 11) is 0. The van der Waals surface area contributed by atoms with Gasteiger partial charge in [-0.05, 0) is 17.0 Å². The smallest absolute Gasteiger partial charge is 0.225 e. The Morgan fingerprint density at radius 1 is 1.14 bits per heavy atom. The van der Waals surface area contributed by atoms with Crippen LogP contribution in [0.15, 0.2) is 60.2 Å². The standard InChI is InChI=1S/C17H17N3OS/c21-17(11-16-7-4-10-22-16)18-8-9-20-13-15(12-19-20)14-5-2-1-3-6-14/h1-7,10,12-13H,8-9,11H2,(H,18,21). The van der Waals surface area contributed by atoms with Gasteiger partial charge in [-0.3, -0.25) is 9.48 Å². The normalized spacial score (nSPS) is 10.5. The van der Waals surface area contributed by atoms with Crippen LogP contribution in [-0.4, -0.2) is 22.2 Å². The lowest BCUT2D eigenvalue weighted by Crippen LogP contribution is -2.28. The molecule has 0 fully saturated rings. The van der Waals surface area contributed by atoms with Crippen molar-refractivity contribution in [1.29, 1.82) is 0 Å². The SMILES string of the molecule is O=C(Cc1cccs1)NCCn1cc(-c2ccccc2)cn1. The molecule has 0 bridgehead atoms. The van der Waals surface area contributed by atoms with E-state index in [-0.39, 0.29) is 5.91 Å². The summed E-state index contributed by atoms with van der Waals surface area (Å²) < 4.78 is 1.85. The fourth-order valence-corrected chi connectivity index (χ4v) is 2.91. The second-order valence-electron chi connectivity index (χ2n) is 4.96. The zero-order valence-corrected chi connectivity index (χ0v) is 12.9. The van der Waals surface area contributed by atoms with Gasteiger partial charge in [-0.2, -0.15) is 5.10 Å². The number of nitrogens with zero attached hydrogens (tertiary/aromatic N) is 2. The van der Waals surface area contributed by atoms with Crippen LogP contribution in [0.25, 0.3) is 11.1 Å². The van der Waals surface area contributed by atoms with Gasteiger partial charge in [0, 0.05) is 23.2 Å². The third-order valence-electron chi connectivity index (χ3n) is 3.32. The molecular weight excluding hydrogens is 294 g/mol. The van der Waals surface area contributed by atoms with Gasteiger partial charge in [-0.25, -0.2) is 0 Å². The van der Waals surface area contributed by atoms with Crippen molar-refractivity contribution in [2.24, 2.45) is 0 Å². The summed E-state index contributed by atoms with van der Waals surface area (Å²) in [5.74, 6) is 0.0536. The summed E-state index contributed by atoms with van der Waals surface area (Å²) in [6.45, 7) is 1.25. The molecule has 0 aliphatic heterocycles. The Kier molecular flexibility index (Phi) is 4.65. The van der Waals surface area contributed by atoms with E-state index in [4.69, 9.17) is 0 Å². The molecule has 1 N–H and O–H groups in total. The number of rotatable bonds is 6. The molecule has 1 aromatic carbocycles. The van der Waals surface area contributed by atoms with Crippen LogP contribution in [0.2, 0.25) is 0 Å². The molecule has 0 saturated carbocycles. The number of carbonyl (C=O) groups is 1. The van der Waals surface area contributed by atoms with Crippen LogP contribution in [0, 0.1) is 0 Å². The van der Waals surface area contributed by atoms with E-state index in [0.717, 1.165) is 16.0 Å². The lowest BCUT2D eigenvalue weighted by molar-refractivity contribution is -0.120. The predicted molar refractivity (Wildman–Crippen MR) is 88.7 cm³/mol. The van der Waals surface area contributed by atoms with E-state index < -0.39 is 0 Å². The molecular formula is C17H17N3OS. The van der Waals surface area contributed by atoms with Crippen molar-refractivity contribution in [3.05, 3.63) is 65.1 Å². The first kappa shape index (κ1) is 14.5. The molecule has 3 aromatic rings. The summed E-state index contributed by atoms with van der Waals surface area (Å²) in [6.07, 6.45) is 4.30. The molecule has 0 aliphatic rings. The lowest BCUT2D eigenvalue weighted by Gasteiger charge is -2.04. The first-order valence-corrected chi connectivity index (χ1v) is 8.06. The van der Waals surface area contributed by atoms with Crippen molar-refractivity contribution in [1.82, 2.24) is 15.1 Å². The van der Waals surface area contributed by atoms with Gasteiger partial charge < -0.3 is 5.32 Å². The number of nitrogens with one attached hydrogen (secondary N) is 1. The fourth-order valence-electron chi connectivity index (χ4n) is 2.21. The minimum absolute atomic E-state index is 0.0536. The molecule has 1 amide bonds. The van der Waals surface area contributed by atoms with Crippen LogP contribution in [0.4, 0.5) is 0 Å². The van der Waals surface area contributed by atoms with Crippen molar-refractivity contribution < 1.29 is 4.79 Å². The molecule has 4 nitrogen and oxygen atoms in total. The van der Waals surface area contributed by atoms with Gasteiger partial charge in [0.2, 0.25) is 5.91 Å². The summed E-state index contributed by atoms with van der Waals surface area (Å²) in [5.41, 5.74) is 2.24. The molecule has 0 radical (unpaired) electrons. The molecule has 2 heterocycles. The van der Waals surface area contributed by atoms with Gasteiger partial charge >= 0.3 is 0 Å². The quantitative estimate of drug-likeness (QED) is 0.761. The van der Waals surface area contributed by atoms with E-state index in [2.05, 4.69) is 22.5 Å². The third-order valence-corrected chi connectivity index (χ3v) is 4.19. The number of hydrogen-bond acceptors (Lipinski definition) is 3. The number of aromatic nitrogens is 2. The molecule has 0 atom stereocenters. The van der Waals surface area contributed by atoms with Gasteiger partial charge in [0.25, 0.3) is 0 Å². The highest BCUT2D eigenvalue weighted by atomic mass is 32.1. The zero-order valence-electron chi connectivity index (χ0n) is 12.1. The highest BCUT2D eigenvalue weighted by molar-refractivity contribution is 7.10. The van der Waals surface area contributed by atoms with Crippen LogP contribution in [-0.2, 0) is 17.8 Å². The van der Waals surface area contributed by atoms with Crippen LogP contribution in [0.5, 0.6) is 0 Å². The Morgan fingerprint density at radius 3 is 2.77 bits per heavy atom. The minimum Gasteiger partial charge on any atom is -0.354 e. The molecule has 3 rings (SSSR count). The Balaban J connectivity index is 1.48. The summed E-state index contributed by atoms with van der Waals surface area (Å²) >= 11 is 1.60. The highest BCUT2D eigenvalue weighted by Gasteiger charge is 2.04. The van der Waals surface area contributed by atoms with Crippen LogP contribution in [0.1, 0.15) is 4.88 Å². The first-order chi connectivity index (χ1) is 10.8. The van der Waals surface area contributed by atoms with E-state index in [9.17, 15) is 4.79 Å². The molecule has 2 aromatic heterocycles. The minimum atomic E-state index is 0.0536. The number of benzene rings is 1. The van der Waals surface area contributed by atoms with Gasteiger partial charge in [0.15, 0.2) is 0 Å². The zero-order chi connectivity index (χ0) is 15.2. The third kappa shape index (κ3) is 3.83. The van der Waals surface area contributed by atoms with E-state index in [1.54, 1.807) is 11.3 Å². The van der Waals surface area contributed by atoms with Gasteiger partial charge in [0.05, 0.1) is 19.2 Å². The summed E-state index contributed by atoms with van der Waals surface area (Å²) in [6, 6.07) is 14.1. The van der Waals surface area contributed by atoms with Crippen LogP contribution in [0.3, 0.4) is 0 Å². The first-order valence-electron chi connectivity index (χ1n) is 7.18. The lowest BCUT2D eigenvalue weighted by atomic mass is 10.1. The maximum absolute atomic E-state index is 11.8. The number of amides is 1. The van der Waals surface area contributed by atoms with Gasteiger partial charge in [-0.1, -0.05) is 36.4 Å². The fraction of sp³-hybridized carbons (Fsp3) is 0.176. The Bertz CT molecular complexity index is 719. The van der Waals surface area contributed by atoms with Crippen LogP contribution >= 0.6 is 11.3 Å². The maximum atomic E-state index is 11.8. The van der Waals surface area contributed by atoms with Crippen molar-refractivity contribution in [3.8, 4) is 11.1 Å². The monoisotopic (exact) mass is 311 g/mol. The Labute approximate surface area is 133 Å². The highest BCUT2D eigenvalue weighted by Crippen LogP contribution is 2.17. The van der Waals surface area contributed by atoms with Crippen molar-refractivity contribution in [3.63, 3.8) is 0 Å². The summed E-state index contributed by atoms with van der Waals surface area (Å²) in [5, 5.41) is 9.24. The second-order valence-corrected chi connectivity index (χ2v) is 6.00. The number of thiophene rings is 1. The predicted octanol–water partition coefficient (Wildman–Crippen LogP) is 2.97. The molecule has 0 spiro atoms. The molecule has 5 heteroatoms. The van der Waals surface area contributed by atoms with E-state index in [1.807, 2.05) is 52.8 Å². The van der Waals surface area contributed by atoms with Crippen LogP contribution < -0.4 is 5.32 Å². The maximum Gasteiger partial charge on any atom is 0.225 e. The number of hydrogen-bond donors (Lipinski definition) is 1. The van der Waals surface area contributed by atoms with E-state index in [0.29, 0.717) is 19.5 Å². The van der Waals surface area contributed by atoms with Crippen molar-refractivity contribution in [2.75, 3.05) is 6.54 Å². The molecule has 22 heavy (non-hydrogen) atoms. The Morgan fingerprint density at radius 2 is 2.00 bits per heavy atom.